The molecule has 0 N–H and O–H groups in total. The standard InChI is InChI=1S/C14H19N3O2/c1-3-5-9-7-10(9)14-16-13(17-19-14)11-8-18-12(15-11)6-4-2/h8-10H,3-7H2,1-2H3/t9-,10-/m1/s1. The summed E-state index contributed by atoms with van der Waals surface area (Å²) in [4.78, 5) is 8.82. The van der Waals surface area contributed by atoms with Crippen molar-refractivity contribution in [3.63, 3.8) is 0 Å². The SMILES string of the molecule is CCCc1nc(-c2noc([C@@H]3C[C@H]3CCC)n2)co1. The van der Waals surface area contributed by atoms with Crippen LogP contribution < -0.4 is 0 Å². The van der Waals surface area contributed by atoms with Crippen LogP contribution in [0.3, 0.4) is 0 Å². The molecule has 5 nitrogen and oxygen atoms in total. The Balaban J connectivity index is 1.70. The molecule has 19 heavy (non-hydrogen) atoms. The fourth-order valence-electron chi connectivity index (χ4n) is 2.47. The molecule has 102 valence electrons. The molecule has 5 heteroatoms. The third kappa shape index (κ3) is 2.55. The van der Waals surface area contributed by atoms with E-state index in [1.54, 1.807) is 6.26 Å². The summed E-state index contributed by atoms with van der Waals surface area (Å²) >= 11 is 0. The van der Waals surface area contributed by atoms with Crippen LogP contribution in [-0.4, -0.2) is 15.1 Å². The fourth-order valence-corrected chi connectivity index (χ4v) is 2.47. The van der Waals surface area contributed by atoms with Gasteiger partial charge in [-0.2, -0.15) is 4.98 Å². The molecule has 2 aromatic rings. The Morgan fingerprint density at radius 1 is 1.26 bits per heavy atom. The van der Waals surface area contributed by atoms with Crippen LogP contribution >= 0.6 is 0 Å². The van der Waals surface area contributed by atoms with E-state index in [1.165, 1.54) is 19.3 Å². The van der Waals surface area contributed by atoms with E-state index in [-0.39, 0.29) is 0 Å². The second-order valence-electron chi connectivity index (χ2n) is 5.22. The van der Waals surface area contributed by atoms with E-state index in [0.29, 0.717) is 17.4 Å². The van der Waals surface area contributed by atoms with Crippen LogP contribution in [0.2, 0.25) is 0 Å². The first-order valence-electron chi connectivity index (χ1n) is 7.10. The number of hydrogen-bond donors (Lipinski definition) is 0. The average molecular weight is 261 g/mol. The number of oxazole rings is 1. The second-order valence-corrected chi connectivity index (χ2v) is 5.22. The van der Waals surface area contributed by atoms with Gasteiger partial charge in [0.05, 0.1) is 0 Å². The van der Waals surface area contributed by atoms with Crippen LogP contribution in [0.25, 0.3) is 11.5 Å². The zero-order valence-electron chi connectivity index (χ0n) is 11.4. The molecule has 1 fully saturated rings. The van der Waals surface area contributed by atoms with Gasteiger partial charge in [-0.15, -0.1) is 0 Å². The second kappa shape index (κ2) is 5.15. The van der Waals surface area contributed by atoms with Gasteiger partial charge in [-0.05, 0) is 25.2 Å². The van der Waals surface area contributed by atoms with Crippen molar-refractivity contribution in [1.29, 1.82) is 0 Å². The average Bonchev–Trinajstić information content (AvgIpc) is 2.84. The maximum absolute atomic E-state index is 5.37. The Bertz CT molecular complexity index is 546. The largest absolute Gasteiger partial charge is 0.448 e. The molecule has 2 atom stereocenters. The summed E-state index contributed by atoms with van der Waals surface area (Å²) in [5.74, 6) is 3.23. The van der Waals surface area contributed by atoms with Crippen molar-refractivity contribution in [3.8, 4) is 11.5 Å². The smallest absolute Gasteiger partial charge is 0.230 e. The Morgan fingerprint density at radius 2 is 2.16 bits per heavy atom. The van der Waals surface area contributed by atoms with Gasteiger partial charge >= 0.3 is 0 Å². The summed E-state index contributed by atoms with van der Waals surface area (Å²) in [6.07, 6.45) is 7.09. The molecule has 0 bridgehead atoms. The third-order valence-corrected chi connectivity index (χ3v) is 3.59. The van der Waals surface area contributed by atoms with E-state index in [4.69, 9.17) is 8.94 Å². The van der Waals surface area contributed by atoms with E-state index in [2.05, 4.69) is 29.0 Å². The van der Waals surface area contributed by atoms with Crippen molar-refractivity contribution < 1.29 is 8.94 Å². The summed E-state index contributed by atoms with van der Waals surface area (Å²) in [7, 11) is 0. The fraction of sp³-hybridized carbons (Fsp3) is 0.643. The molecule has 1 aliphatic rings. The molecule has 1 saturated carbocycles. The van der Waals surface area contributed by atoms with E-state index in [9.17, 15) is 0 Å². The van der Waals surface area contributed by atoms with Crippen molar-refractivity contribution in [2.45, 2.75) is 51.9 Å². The van der Waals surface area contributed by atoms with Crippen molar-refractivity contribution in [2.75, 3.05) is 0 Å². The monoisotopic (exact) mass is 261 g/mol. The normalized spacial score (nSPS) is 21.8. The van der Waals surface area contributed by atoms with Crippen LogP contribution in [0.1, 0.15) is 57.2 Å². The lowest BCUT2D eigenvalue weighted by atomic mass is 10.2. The highest BCUT2D eigenvalue weighted by Crippen LogP contribution is 2.49. The van der Waals surface area contributed by atoms with E-state index >= 15 is 0 Å². The molecule has 0 amide bonds. The van der Waals surface area contributed by atoms with Gasteiger partial charge in [-0.1, -0.05) is 25.4 Å². The quantitative estimate of drug-likeness (QED) is 0.795. The number of rotatable bonds is 6. The molecule has 0 unspecified atom stereocenters. The highest BCUT2D eigenvalue weighted by Gasteiger charge is 2.41. The topological polar surface area (TPSA) is 65.0 Å². The molecule has 0 aromatic carbocycles. The molecule has 2 aromatic heterocycles. The summed E-state index contributed by atoms with van der Waals surface area (Å²) in [6, 6.07) is 0. The minimum absolute atomic E-state index is 0.461. The highest BCUT2D eigenvalue weighted by molar-refractivity contribution is 5.46. The van der Waals surface area contributed by atoms with Gasteiger partial charge in [0.25, 0.3) is 0 Å². The molecule has 0 radical (unpaired) electrons. The number of hydrogen-bond acceptors (Lipinski definition) is 5. The van der Waals surface area contributed by atoms with Gasteiger partial charge in [0.15, 0.2) is 5.89 Å². The molecular formula is C14H19N3O2. The van der Waals surface area contributed by atoms with Gasteiger partial charge < -0.3 is 8.94 Å². The van der Waals surface area contributed by atoms with Crippen molar-refractivity contribution in [1.82, 2.24) is 15.1 Å². The summed E-state index contributed by atoms with van der Waals surface area (Å²) in [5.41, 5.74) is 0.672. The van der Waals surface area contributed by atoms with E-state index < -0.39 is 0 Å². The molecule has 0 saturated heterocycles. The molecule has 0 aliphatic heterocycles. The Morgan fingerprint density at radius 3 is 2.95 bits per heavy atom. The van der Waals surface area contributed by atoms with Crippen LogP contribution in [-0.2, 0) is 6.42 Å². The van der Waals surface area contributed by atoms with Crippen LogP contribution in [0.15, 0.2) is 15.2 Å². The van der Waals surface area contributed by atoms with Crippen molar-refractivity contribution >= 4 is 0 Å². The first-order valence-corrected chi connectivity index (χ1v) is 7.10. The minimum atomic E-state index is 0.461. The lowest BCUT2D eigenvalue weighted by Gasteiger charge is -1.90. The van der Waals surface area contributed by atoms with Gasteiger partial charge in [-0.25, -0.2) is 4.98 Å². The van der Waals surface area contributed by atoms with Gasteiger partial charge in [0.2, 0.25) is 11.7 Å². The summed E-state index contributed by atoms with van der Waals surface area (Å²) in [5, 5.41) is 4.01. The Kier molecular flexibility index (Phi) is 3.36. The highest BCUT2D eigenvalue weighted by atomic mass is 16.5. The van der Waals surface area contributed by atoms with Gasteiger partial charge in [0, 0.05) is 12.3 Å². The van der Waals surface area contributed by atoms with E-state index in [0.717, 1.165) is 30.5 Å². The predicted molar refractivity (Wildman–Crippen MR) is 69.5 cm³/mol. The summed E-state index contributed by atoms with van der Waals surface area (Å²) in [6.45, 7) is 4.30. The van der Waals surface area contributed by atoms with Gasteiger partial charge in [-0.3, -0.25) is 0 Å². The maximum atomic E-state index is 5.37. The van der Waals surface area contributed by atoms with Gasteiger partial charge in [0.1, 0.15) is 12.0 Å². The van der Waals surface area contributed by atoms with E-state index in [1.807, 2.05) is 0 Å². The van der Waals surface area contributed by atoms with Crippen LogP contribution in [0.4, 0.5) is 0 Å². The maximum Gasteiger partial charge on any atom is 0.230 e. The zero-order chi connectivity index (χ0) is 13.2. The first-order chi connectivity index (χ1) is 9.31. The lowest BCUT2D eigenvalue weighted by Crippen LogP contribution is -1.86. The molecule has 0 spiro atoms. The molecule has 3 rings (SSSR count). The Hall–Kier alpha value is -1.65. The summed E-state index contributed by atoms with van der Waals surface area (Å²) < 4.78 is 10.7. The van der Waals surface area contributed by atoms with Crippen molar-refractivity contribution in [2.24, 2.45) is 5.92 Å². The lowest BCUT2D eigenvalue weighted by molar-refractivity contribution is 0.374. The molecular weight excluding hydrogens is 242 g/mol. The number of aryl methyl sites for hydroxylation is 1. The minimum Gasteiger partial charge on any atom is -0.448 e. The Labute approximate surface area is 112 Å². The van der Waals surface area contributed by atoms with Crippen LogP contribution in [0, 0.1) is 5.92 Å². The third-order valence-electron chi connectivity index (χ3n) is 3.59. The number of aromatic nitrogens is 3. The molecule has 2 heterocycles. The van der Waals surface area contributed by atoms with Crippen LogP contribution in [0.5, 0.6) is 0 Å². The zero-order valence-corrected chi connectivity index (χ0v) is 11.4. The molecule has 1 aliphatic carbocycles. The predicted octanol–water partition coefficient (Wildman–Crippen LogP) is 3.58. The first kappa shape index (κ1) is 12.4. The number of nitrogens with zero attached hydrogens (tertiary/aromatic N) is 3. The van der Waals surface area contributed by atoms with Crippen molar-refractivity contribution in [3.05, 3.63) is 18.0 Å².